The Bertz CT molecular complexity index is 577. The topological polar surface area (TPSA) is 75.4 Å². The maximum absolute atomic E-state index is 13.3. The molecule has 2 N–H and O–H groups in total. The zero-order valence-corrected chi connectivity index (χ0v) is 9.32. The Labute approximate surface area is 96.3 Å². The van der Waals surface area contributed by atoms with Crippen LogP contribution in [-0.4, -0.2) is 21.6 Å². The minimum absolute atomic E-state index is 0.0162. The van der Waals surface area contributed by atoms with Gasteiger partial charge in [0.2, 0.25) is 0 Å². The van der Waals surface area contributed by atoms with Gasteiger partial charge < -0.3 is 14.8 Å². The molecule has 0 saturated carbocycles. The number of carboxylic acids is 1. The van der Waals surface area contributed by atoms with Gasteiger partial charge >= 0.3 is 5.97 Å². The fraction of sp³-hybridized carbons (Fsp3) is 0.273. The summed E-state index contributed by atoms with van der Waals surface area (Å²) in [7, 11) is 0. The molecule has 0 aliphatic carbocycles. The monoisotopic (exact) mass is 238 g/mol. The Morgan fingerprint density at radius 1 is 1.53 bits per heavy atom. The number of anilines is 1. The Balaban J connectivity index is 2.38. The summed E-state index contributed by atoms with van der Waals surface area (Å²) in [5.74, 6) is -1.56. The molecule has 1 aromatic heterocycles. The molecule has 1 heterocycles. The molecule has 2 rings (SSSR count). The molecule has 0 radical (unpaired) electrons. The summed E-state index contributed by atoms with van der Waals surface area (Å²) < 4.78 is 18.5. The van der Waals surface area contributed by atoms with Gasteiger partial charge in [0.1, 0.15) is 11.1 Å². The molecule has 0 spiro atoms. The number of nitrogens with zero attached hydrogens (tertiary/aromatic N) is 1. The van der Waals surface area contributed by atoms with Crippen molar-refractivity contribution in [2.75, 3.05) is 5.32 Å². The van der Waals surface area contributed by atoms with Crippen LogP contribution in [0.1, 0.15) is 13.8 Å². The Morgan fingerprint density at radius 3 is 2.82 bits per heavy atom. The summed E-state index contributed by atoms with van der Waals surface area (Å²) in [4.78, 5) is 14.8. The van der Waals surface area contributed by atoms with Gasteiger partial charge in [-0.05, 0) is 26.0 Å². The number of aliphatic carboxylic acids is 1. The number of nitrogens with one attached hydrogen (secondary N) is 1. The lowest BCUT2D eigenvalue weighted by Crippen LogP contribution is -2.40. The molecular formula is C11H11FN2O3. The summed E-state index contributed by atoms with van der Waals surface area (Å²) in [6.45, 7) is 2.92. The normalized spacial score (nSPS) is 11.7. The summed E-state index contributed by atoms with van der Waals surface area (Å²) in [6, 6.07) is 4.30. The van der Waals surface area contributed by atoms with Crippen LogP contribution in [0.15, 0.2) is 22.6 Å². The van der Waals surface area contributed by atoms with Gasteiger partial charge in [-0.25, -0.2) is 9.18 Å². The van der Waals surface area contributed by atoms with Gasteiger partial charge in [-0.1, -0.05) is 6.07 Å². The number of para-hydroxylation sites is 1. The quantitative estimate of drug-likeness (QED) is 0.857. The fourth-order valence-electron chi connectivity index (χ4n) is 1.29. The number of fused-ring (bicyclic) bond motifs is 1. The standard InChI is InChI=1S/C11H11FN2O3/c1-11(2,9(15)16)14-10-13-8-6(12)4-3-5-7(8)17-10/h3-5H,1-2H3,(H,13,14)(H,15,16). The molecule has 0 bridgehead atoms. The van der Waals surface area contributed by atoms with Crippen LogP contribution in [0.25, 0.3) is 11.1 Å². The first-order valence-corrected chi connectivity index (χ1v) is 4.97. The van der Waals surface area contributed by atoms with Crippen LogP contribution in [0.5, 0.6) is 0 Å². The van der Waals surface area contributed by atoms with Crippen molar-refractivity contribution in [1.29, 1.82) is 0 Å². The van der Waals surface area contributed by atoms with Crippen LogP contribution >= 0.6 is 0 Å². The summed E-state index contributed by atoms with van der Waals surface area (Å²) in [5.41, 5.74) is -0.887. The number of oxazole rings is 1. The maximum Gasteiger partial charge on any atom is 0.328 e. The van der Waals surface area contributed by atoms with E-state index < -0.39 is 17.3 Å². The van der Waals surface area contributed by atoms with E-state index in [9.17, 15) is 9.18 Å². The fourth-order valence-corrected chi connectivity index (χ4v) is 1.29. The molecule has 17 heavy (non-hydrogen) atoms. The Kier molecular flexibility index (Phi) is 2.49. The van der Waals surface area contributed by atoms with Gasteiger partial charge in [0, 0.05) is 0 Å². The molecule has 0 amide bonds. The van der Waals surface area contributed by atoms with Crippen LogP contribution in [0, 0.1) is 5.82 Å². The first-order chi connectivity index (χ1) is 7.90. The van der Waals surface area contributed by atoms with E-state index in [4.69, 9.17) is 9.52 Å². The van der Waals surface area contributed by atoms with Crippen LogP contribution in [0.4, 0.5) is 10.4 Å². The van der Waals surface area contributed by atoms with E-state index in [1.807, 2.05) is 0 Å². The summed E-state index contributed by atoms with van der Waals surface area (Å²) in [6.07, 6.45) is 0. The van der Waals surface area contributed by atoms with Crippen molar-refractivity contribution < 1.29 is 18.7 Å². The predicted octanol–water partition coefficient (Wildman–Crippen LogP) is 2.24. The number of carbonyl (C=O) groups is 1. The third-order valence-electron chi connectivity index (χ3n) is 2.32. The second-order valence-electron chi connectivity index (χ2n) is 4.16. The number of rotatable bonds is 3. The van der Waals surface area contributed by atoms with Crippen LogP contribution in [0.2, 0.25) is 0 Å². The van der Waals surface area contributed by atoms with E-state index in [1.165, 1.54) is 26.0 Å². The third-order valence-corrected chi connectivity index (χ3v) is 2.32. The van der Waals surface area contributed by atoms with Gasteiger partial charge in [0.15, 0.2) is 11.4 Å². The number of hydrogen-bond acceptors (Lipinski definition) is 4. The zero-order chi connectivity index (χ0) is 12.6. The number of benzene rings is 1. The van der Waals surface area contributed by atoms with Gasteiger partial charge in [-0.2, -0.15) is 4.98 Å². The Hall–Kier alpha value is -2.11. The lowest BCUT2D eigenvalue weighted by atomic mass is 10.1. The molecule has 0 aliphatic rings. The predicted molar refractivity (Wildman–Crippen MR) is 59.3 cm³/mol. The lowest BCUT2D eigenvalue weighted by Gasteiger charge is -2.18. The molecule has 90 valence electrons. The van der Waals surface area contributed by atoms with Crippen molar-refractivity contribution in [3.05, 3.63) is 24.0 Å². The second-order valence-corrected chi connectivity index (χ2v) is 4.16. The van der Waals surface area contributed by atoms with E-state index in [0.717, 1.165) is 0 Å². The highest BCUT2D eigenvalue weighted by molar-refractivity contribution is 5.82. The molecule has 1 aromatic carbocycles. The van der Waals surface area contributed by atoms with E-state index in [1.54, 1.807) is 6.07 Å². The average molecular weight is 238 g/mol. The molecule has 0 aliphatic heterocycles. The molecule has 2 aromatic rings. The van der Waals surface area contributed by atoms with E-state index in [2.05, 4.69) is 10.3 Å². The first kappa shape index (κ1) is 11.4. The molecular weight excluding hydrogens is 227 g/mol. The van der Waals surface area contributed by atoms with Crippen molar-refractivity contribution in [3.63, 3.8) is 0 Å². The average Bonchev–Trinajstić information content (AvgIpc) is 2.60. The molecule has 0 unspecified atom stereocenters. The van der Waals surface area contributed by atoms with Gasteiger partial charge in [0.05, 0.1) is 0 Å². The maximum atomic E-state index is 13.3. The van der Waals surface area contributed by atoms with Crippen molar-refractivity contribution >= 4 is 23.1 Å². The van der Waals surface area contributed by atoms with Crippen LogP contribution < -0.4 is 5.32 Å². The van der Waals surface area contributed by atoms with E-state index in [0.29, 0.717) is 0 Å². The molecule has 0 saturated heterocycles. The minimum Gasteiger partial charge on any atom is -0.480 e. The number of aromatic nitrogens is 1. The third kappa shape index (κ3) is 2.06. The van der Waals surface area contributed by atoms with Gasteiger partial charge in [0.25, 0.3) is 6.01 Å². The van der Waals surface area contributed by atoms with E-state index >= 15 is 0 Å². The summed E-state index contributed by atoms with van der Waals surface area (Å²) in [5, 5.41) is 11.5. The highest BCUT2D eigenvalue weighted by Crippen LogP contribution is 2.23. The molecule has 5 nitrogen and oxygen atoms in total. The van der Waals surface area contributed by atoms with Gasteiger partial charge in [-0.15, -0.1) is 0 Å². The van der Waals surface area contributed by atoms with Crippen LogP contribution in [-0.2, 0) is 4.79 Å². The zero-order valence-electron chi connectivity index (χ0n) is 9.32. The van der Waals surface area contributed by atoms with E-state index in [-0.39, 0.29) is 17.1 Å². The molecule has 0 atom stereocenters. The van der Waals surface area contributed by atoms with Crippen molar-refractivity contribution in [2.45, 2.75) is 19.4 Å². The lowest BCUT2D eigenvalue weighted by molar-refractivity contribution is -0.141. The second kappa shape index (κ2) is 3.73. The van der Waals surface area contributed by atoms with Crippen LogP contribution in [0.3, 0.4) is 0 Å². The minimum atomic E-state index is -1.24. The number of hydrogen-bond donors (Lipinski definition) is 2. The summed E-state index contributed by atoms with van der Waals surface area (Å²) >= 11 is 0. The van der Waals surface area contributed by atoms with Crippen molar-refractivity contribution in [2.24, 2.45) is 0 Å². The van der Waals surface area contributed by atoms with Crippen molar-refractivity contribution in [3.8, 4) is 0 Å². The first-order valence-electron chi connectivity index (χ1n) is 4.97. The molecule has 0 fully saturated rings. The van der Waals surface area contributed by atoms with Crippen molar-refractivity contribution in [1.82, 2.24) is 4.98 Å². The highest BCUT2D eigenvalue weighted by atomic mass is 19.1. The highest BCUT2D eigenvalue weighted by Gasteiger charge is 2.28. The number of halogens is 1. The van der Waals surface area contributed by atoms with Gasteiger partial charge in [-0.3, -0.25) is 0 Å². The smallest absolute Gasteiger partial charge is 0.328 e. The SMILES string of the molecule is CC(C)(Nc1nc2c(F)cccc2o1)C(=O)O. The number of carboxylic acid groups (broad SMARTS) is 1. The largest absolute Gasteiger partial charge is 0.480 e. The molecule has 6 heteroatoms. The Morgan fingerprint density at radius 2 is 2.24 bits per heavy atom.